The van der Waals surface area contributed by atoms with E-state index in [1.165, 1.54) is 25.0 Å². The molecule has 0 unspecified atom stereocenters. The smallest absolute Gasteiger partial charge is 0.257 e. The van der Waals surface area contributed by atoms with Gasteiger partial charge < -0.3 is 15.4 Å². The molecule has 0 fully saturated rings. The molecule has 0 radical (unpaired) electrons. The van der Waals surface area contributed by atoms with Crippen LogP contribution >= 0.6 is 0 Å². The molecule has 0 aliphatic carbocycles. The minimum atomic E-state index is -0.346. The van der Waals surface area contributed by atoms with Crippen LogP contribution in [0.4, 0.5) is 11.4 Å². The van der Waals surface area contributed by atoms with Gasteiger partial charge in [-0.25, -0.2) is 0 Å². The average molecular weight is 352 g/mol. The lowest BCUT2D eigenvalue weighted by molar-refractivity contribution is -0.114. The number of anilines is 2. The minimum absolute atomic E-state index is 0.195. The fourth-order valence-corrected chi connectivity index (χ4v) is 2.40. The monoisotopic (exact) mass is 352 g/mol. The second-order valence-electron chi connectivity index (χ2n) is 5.32. The summed E-state index contributed by atoms with van der Waals surface area (Å²) in [5, 5.41) is 16.5. The molecule has 0 saturated carbocycles. The number of nitrogens with zero attached hydrogens (tertiary/aromatic N) is 4. The predicted octanol–water partition coefficient (Wildman–Crippen LogP) is 1.88. The second-order valence-corrected chi connectivity index (χ2v) is 5.32. The van der Waals surface area contributed by atoms with Gasteiger partial charge in [-0.3, -0.25) is 9.59 Å². The fourth-order valence-electron chi connectivity index (χ4n) is 2.40. The Balaban J connectivity index is 1.88. The van der Waals surface area contributed by atoms with E-state index in [0.717, 1.165) is 0 Å². The van der Waals surface area contributed by atoms with Gasteiger partial charge >= 0.3 is 0 Å². The van der Waals surface area contributed by atoms with E-state index in [1.807, 2.05) is 0 Å². The van der Waals surface area contributed by atoms with Crippen LogP contribution in [0.5, 0.6) is 5.75 Å². The molecular weight excluding hydrogens is 336 g/mol. The van der Waals surface area contributed by atoms with E-state index in [4.69, 9.17) is 4.74 Å². The molecule has 0 spiro atoms. The summed E-state index contributed by atoms with van der Waals surface area (Å²) in [6, 6.07) is 11.9. The van der Waals surface area contributed by atoms with Gasteiger partial charge in [-0.15, -0.1) is 5.10 Å². The highest BCUT2D eigenvalue weighted by Crippen LogP contribution is 2.29. The zero-order chi connectivity index (χ0) is 18.5. The third-order valence-corrected chi connectivity index (χ3v) is 3.51. The molecule has 2 aromatic carbocycles. The van der Waals surface area contributed by atoms with Crippen molar-refractivity contribution in [2.75, 3.05) is 17.7 Å². The van der Waals surface area contributed by atoms with Crippen molar-refractivity contribution in [3.63, 3.8) is 0 Å². The van der Waals surface area contributed by atoms with Crippen molar-refractivity contribution in [3.8, 4) is 11.4 Å². The first-order valence-corrected chi connectivity index (χ1v) is 7.68. The standard InChI is InChI=1S/C17H16N6O3/c1-11(24)19-12-7-8-14(16(9-12)26-2)20-17(25)13-5-3-4-6-15(13)23-10-18-21-22-23/h3-10H,1-2H3,(H,19,24)(H,20,25). The number of rotatable bonds is 5. The number of nitrogens with one attached hydrogen (secondary N) is 2. The van der Waals surface area contributed by atoms with E-state index in [-0.39, 0.29) is 11.8 Å². The normalized spacial score (nSPS) is 10.2. The van der Waals surface area contributed by atoms with Gasteiger partial charge in [0.25, 0.3) is 5.91 Å². The maximum Gasteiger partial charge on any atom is 0.257 e. The molecule has 1 aromatic heterocycles. The molecule has 9 heteroatoms. The first-order valence-electron chi connectivity index (χ1n) is 7.68. The molecule has 1 heterocycles. The number of hydrogen-bond acceptors (Lipinski definition) is 6. The topological polar surface area (TPSA) is 111 Å². The molecule has 0 saturated heterocycles. The van der Waals surface area contributed by atoms with Crippen LogP contribution in [0.2, 0.25) is 0 Å². The zero-order valence-corrected chi connectivity index (χ0v) is 14.1. The van der Waals surface area contributed by atoms with Gasteiger partial charge in [-0.2, -0.15) is 4.68 Å². The number of methoxy groups -OCH3 is 1. The second kappa shape index (κ2) is 7.43. The zero-order valence-electron chi connectivity index (χ0n) is 14.1. The molecule has 0 atom stereocenters. The number of amides is 2. The number of tetrazole rings is 1. The summed E-state index contributed by atoms with van der Waals surface area (Å²) >= 11 is 0. The third kappa shape index (κ3) is 3.66. The number of carbonyl (C=O) groups excluding carboxylic acids is 2. The summed E-state index contributed by atoms with van der Waals surface area (Å²) in [6.07, 6.45) is 1.41. The van der Waals surface area contributed by atoms with Gasteiger partial charge in [0.15, 0.2) is 0 Å². The first-order chi connectivity index (χ1) is 12.6. The number of carbonyl (C=O) groups is 2. The largest absolute Gasteiger partial charge is 0.494 e. The molecular formula is C17H16N6O3. The van der Waals surface area contributed by atoms with Crippen LogP contribution in [0.3, 0.4) is 0 Å². The Morgan fingerprint density at radius 2 is 1.92 bits per heavy atom. The van der Waals surface area contributed by atoms with Crippen molar-refractivity contribution >= 4 is 23.2 Å². The summed E-state index contributed by atoms with van der Waals surface area (Å²) in [7, 11) is 1.48. The highest BCUT2D eigenvalue weighted by Gasteiger charge is 2.15. The molecule has 132 valence electrons. The van der Waals surface area contributed by atoms with Crippen molar-refractivity contribution in [1.82, 2.24) is 20.2 Å². The quantitative estimate of drug-likeness (QED) is 0.725. The van der Waals surface area contributed by atoms with Gasteiger partial charge in [-0.05, 0) is 34.7 Å². The number of hydrogen-bond donors (Lipinski definition) is 2. The van der Waals surface area contributed by atoms with Crippen LogP contribution in [0.25, 0.3) is 5.69 Å². The maximum atomic E-state index is 12.7. The van der Waals surface area contributed by atoms with Crippen molar-refractivity contribution in [3.05, 3.63) is 54.4 Å². The molecule has 0 aliphatic rings. The third-order valence-electron chi connectivity index (χ3n) is 3.51. The summed E-state index contributed by atoms with van der Waals surface area (Å²) in [4.78, 5) is 23.9. The fraction of sp³-hybridized carbons (Fsp3) is 0.118. The number of ether oxygens (including phenoxy) is 1. The molecule has 9 nitrogen and oxygen atoms in total. The summed E-state index contributed by atoms with van der Waals surface area (Å²) in [6.45, 7) is 1.41. The highest BCUT2D eigenvalue weighted by molar-refractivity contribution is 6.07. The highest BCUT2D eigenvalue weighted by atomic mass is 16.5. The molecule has 2 N–H and O–H groups in total. The van der Waals surface area contributed by atoms with Crippen LogP contribution in [0, 0.1) is 0 Å². The van der Waals surface area contributed by atoms with Gasteiger partial charge in [0, 0.05) is 18.7 Å². The van der Waals surface area contributed by atoms with Crippen LogP contribution in [-0.4, -0.2) is 39.1 Å². The van der Waals surface area contributed by atoms with Gasteiger partial charge in [0.2, 0.25) is 5.91 Å². The summed E-state index contributed by atoms with van der Waals surface area (Å²) in [5.74, 6) is -0.120. The SMILES string of the molecule is COc1cc(NC(C)=O)ccc1NC(=O)c1ccccc1-n1cnnn1. The lowest BCUT2D eigenvalue weighted by Crippen LogP contribution is -2.16. The van der Waals surface area contributed by atoms with Gasteiger partial charge in [0.1, 0.15) is 12.1 Å². The van der Waals surface area contributed by atoms with Gasteiger partial charge in [0.05, 0.1) is 24.0 Å². The van der Waals surface area contributed by atoms with Crippen molar-refractivity contribution in [2.45, 2.75) is 6.92 Å². The van der Waals surface area contributed by atoms with Crippen molar-refractivity contribution in [2.24, 2.45) is 0 Å². The Morgan fingerprint density at radius 3 is 2.62 bits per heavy atom. The van der Waals surface area contributed by atoms with E-state index < -0.39 is 0 Å². The van der Waals surface area contributed by atoms with Crippen LogP contribution in [-0.2, 0) is 4.79 Å². The molecule has 3 rings (SSSR count). The molecule has 26 heavy (non-hydrogen) atoms. The molecule has 0 bridgehead atoms. The Labute approximate surface area is 149 Å². The Morgan fingerprint density at radius 1 is 1.12 bits per heavy atom. The average Bonchev–Trinajstić information content (AvgIpc) is 3.17. The predicted molar refractivity (Wildman–Crippen MR) is 94.4 cm³/mol. The minimum Gasteiger partial charge on any atom is -0.494 e. The van der Waals surface area contributed by atoms with Gasteiger partial charge in [-0.1, -0.05) is 12.1 Å². The maximum absolute atomic E-state index is 12.7. The van der Waals surface area contributed by atoms with Crippen LogP contribution < -0.4 is 15.4 Å². The first kappa shape index (κ1) is 17.1. The van der Waals surface area contributed by atoms with E-state index in [0.29, 0.717) is 28.4 Å². The van der Waals surface area contributed by atoms with E-state index in [1.54, 1.807) is 42.5 Å². The Kier molecular flexibility index (Phi) is 4.88. The molecule has 2 amide bonds. The number of benzene rings is 2. The summed E-state index contributed by atoms with van der Waals surface area (Å²) in [5.41, 5.74) is 1.98. The van der Waals surface area contributed by atoms with Crippen molar-refractivity contribution in [1.29, 1.82) is 0 Å². The number of para-hydroxylation sites is 1. The van der Waals surface area contributed by atoms with Crippen LogP contribution in [0.1, 0.15) is 17.3 Å². The molecule has 0 aliphatic heterocycles. The Bertz CT molecular complexity index is 939. The lowest BCUT2D eigenvalue weighted by Gasteiger charge is -2.13. The van der Waals surface area contributed by atoms with Crippen molar-refractivity contribution < 1.29 is 14.3 Å². The van der Waals surface area contributed by atoms with E-state index in [2.05, 4.69) is 26.2 Å². The number of aromatic nitrogens is 4. The van der Waals surface area contributed by atoms with E-state index in [9.17, 15) is 9.59 Å². The Hall–Kier alpha value is -3.75. The summed E-state index contributed by atoms with van der Waals surface area (Å²) < 4.78 is 6.71. The van der Waals surface area contributed by atoms with E-state index >= 15 is 0 Å². The van der Waals surface area contributed by atoms with Crippen LogP contribution in [0.15, 0.2) is 48.8 Å². The molecule has 3 aromatic rings. The lowest BCUT2D eigenvalue weighted by atomic mass is 10.1.